The van der Waals surface area contributed by atoms with Gasteiger partial charge in [-0.05, 0) is 12.5 Å². The van der Waals surface area contributed by atoms with Gasteiger partial charge in [-0.2, -0.15) is 0 Å². The van der Waals surface area contributed by atoms with Gasteiger partial charge < -0.3 is 10.8 Å². The first kappa shape index (κ1) is 11.0. The van der Waals surface area contributed by atoms with Crippen molar-refractivity contribution in [1.82, 2.24) is 0 Å². The molecule has 5 heteroatoms. The Morgan fingerprint density at radius 2 is 2.27 bits per heavy atom. The minimum absolute atomic E-state index is 0.0519. The van der Waals surface area contributed by atoms with Crippen molar-refractivity contribution in [3.8, 4) is 11.8 Å². The lowest BCUT2D eigenvalue weighted by molar-refractivity contribution is -0.384. The normalized spacial score (nSPS) is 9.20. The van der Waals surface area contributed by atoms with E-state index in [1.165, 1.54) is 12.1 Å². The van der Waals surface area contributed by atoms with E-state index in [0.29, 0.717) is 16.8 Å². The first-order chi connectivity index (χ1) is 7.06. The maximum absolute atomic E-state index is 10.6. The van der Waals surface area contributed by atoms with E-state index >= 15 is 0 Å². The third-order valence-electron chi connectivity index (χ3n) is 1.88. The van der Waals surface area contributed by atoms with Crippen molar-refractivity contribution in [2.75, 3.05) is 12.3 Å². The lowest BCUT2D eigenvalue weighted by Gasteiger charge is -2.02. The highest BCUT2D eigenvalue weighted by Gasteiger charge is 2.10. The van der Waals surface area contributed by atoms with Crippen LogP contribution in [0.4, 0.5) is 11.4 Å². The number of aryl methyl sites for hydroxylation is 1. The van der Waals surface area contributed by atoms with E-state index in [-0.39, 0.29) is 12.3 Å². The molecule has 0 amide bonds. The van der Waals surface area contributed by atoms with Crippen LogP contribution in [-0.4, -0.2) is 16.6 Å². The van der Waals surface area contributed by atoms with Crippen molar-refractivity contribution < 1.29 is 10.0 Å². The van der Waals surface area contributed by atoms with Crippen LogP contribution in [0.3, 0.4) is 0 Å². The molecule has 0 aliphatic carbocycles. The Balaban J connectivity index is 3.31. The van der Waals surface area contributed by atoms with Gasteiger partial charge in [0.15, 0.2) is 0 Å². The summed E-state index contributed by atoms with van der Waals surface area (Å²) in [6.07, 6.45) is 0. The van der Waals surface area contributed by atoms with Crippen LogP contribution >= 0.6 is 0 Å². The summed E-state index contributed by atoms with van der Waals surface area (Å²) in [5, 5.41) is 19.1. The summed E-state index contributed by atoms with van der Waals surface area (Å²) in [5.41, 5.74) is 7.01. The standard InChI is InChI=1S/C10H10N2O3/c1-7-5-9(12(14)15)6-8(10(7)11)3-2-4-13/h5-6,13H,4,11H2,1H3. The molecule has 1 aromatic rings. The van der Waals surface area contributed by atoms with Crippen LogP contribution in [0.25, 0.3) is 0 Å². The zero-order valence-electron chi connectivity index (χ0n) is 8.15. The minimum Gasteiger partial charge on any atom is -0.397 e. The molecule has 0 saturated heterocycles. The van der Waals surface area contributed by atoms with E-state index in [0.717, 1.165) is 0 Å². The number of nitrogens with two attached hydrogens (primary N) is 1. The summed E-state index contributed by atoms with van der Waals surface area (Å²) in [6, 6.07) is 2.68. The highest BCUT2D eigenvalue weighted by molar-refractivity contribution is 5.64. The zero-order valence-corrected chi connectivity index (χ0v) is 8.15. The van der Waals surface area contributed by atoms with Crippen LogP contribution in [-0.2, 0) is 0 Å². The third kappa shape index (κ3) is 2.45. The maximum Gasteiger partial charge on any atom is 0.271 e. The molecule has 0 aliphatic rings. The second-order valence-corrected chi connectivity index (χ2v) is 2.94. The van der Waals surface area contributed by atoms with E-state index in [2.05, 4.69) is 11.8 Å². The number of anilines is 1. The molecule has 0 aromatic heterocycles. The van der Waals surface area contributed by atoms with Crippen molar-refractivity contribution in [1.29, 1.82) is 0 Å². The van der Waals surface area contributed by atoms with E-state index in [4.69, 9.17) is 10.8 Å². The van der Waals surface area contributed by atoms with Crippen LogP contribution in [0, 0.1) is 28.9 Å². The fourth-order valence-corrected chi connectivity index (χ4v) is 1.12. The van der Waals surface area contributed by atoms with Gasteiger partial charge in [0.2, 0.25) is 0 Å². The number of nitro groups is 1. The fourth-order valence-electron chi connectivity index (χ4n) is 1.12. The number of benzene rings is 1. The van der Waals surface area contributed by atoms with Crippen LogP contribution < -0.4 is 5.73 Å². The summed E-state index contributed by atoms with van der Waals surface area (Å²) >= 11 is 0. The Kier molecular flexibility index (Phi) is 3.26. The summed E-state index contributed by atoms with van der Waals surface area (Å²) in [5.74, 6) is 4.97. The number of hydrogen-bond acceptors (Lipinski definition) is 4. The van der Waals surface area contributed by atoms with Gasteiger partial charge in [0.05, 0.1) is 16.2 Å². The Labute approximate surface area is 86.7 Å². The molecular weight excluding hydrogens is 196 g/mol. The average Bonchev–Trinajstić information content (AvgIpc) is 2.19. The summed E-state index contributed by atoms with van der Waals surface area (Å²) in [7, 11) is 0. The molecule has 0 radical (unpaired) electrons. The lowest BCUT2D eigenvalue weighted by Crippen LogP contribution is -1.97. The Hall–Kier alpha value is -2.06. The third-order valence-corrected chi connectivity index (χ3v) is 1.88. The number of nitrogen functional groups attached to an aromatic ring is 1. The van der Waals surface area contributed by atoms with Crippen molar-refractivity contribution >= 4 is 11.4 Å². The molecule has 78 valence electrons. The van der Waals surface area contributed by atoms with Gasteiger partial charge in [-0.15, -0.1) is 0 Å². The van der Waals surface area contributed by atoms with Crippen molar-refractivity contribution in [2.45, 2.75) is 6.92 Å². The van der Waals surface area contributed by atoms with Gasteiger partial charge in [-0.25, -0.2) is 0 Å². The predicted octanol–water partition coefficient (Wildman–Crippen LogP) is 0.829. The van der Waals surface area contributed by atoms with Crippen LogP contribution in [0.2, 0.25) is 0 Å². The van der Waals surface area contributed by atoms with Crippen molar-refractivity contribution in [2.24, 2.45) is 0 Å². The number of non-ortho nitro benzene ring substituents is 1. The van der Waals surface area contributed by atoms with Crippen molar-refractivity contribution in [3.63, 3.8) is 0 Å². The molecule has 0 aliphatic heterocycles. The van der Waals surface area contributed by atoms with Crippen LogP contribution in [0.5, 0.6) is 0 Å². The van der Waals surface area contributed by atoms with Crippen LogP contribution in [0.1, 0.15) is 11.1 Å². The van der Waals surface area contributed by atoms with Gasteiger partial charge in [-0.3, -0.25) is 10.1 Å². The molecule has 3 N–H and O–H groups in total. The average molecular weight is 206 g/mol. The highest BCUT2D eigenvalue weighted by Crippen LogP contribution is 2.23. The Morgan fingerprint density at radius 1 is 1.60 bits per heavy atom. The molecule has 0 fully saturated rings. The molecule has 0 bridgehead atoms. The monoisotopic (exact) mass is 206 g/mol. The number of nitrogens with zero attached hydrogens (tertiary/aromatic N) is 1. The number of aliphatic hydroxyl groups excluding tert-OH is 1. The van der Waals surface area contributed by atoms with Gasteiger partial charge in [-0.1, -0.05) is 11.8 Å². The Morgan fingerprint density at radius 3 is 2.80 bits per heavy atom. The molecule has 5 nitrogen and oxygen atoms in total. The molecule has 0 saturated carbocycles. The van der Waals surface area contributed by atoms with Crippen molar-refractivity contribution in [3.05, 3.63) is 33.4 Å². The van der Waals surface area contributed by atoms with Gasteiger partial charge >= 0.3 is 0 Å². The quantitative estimate of drug-likeness (QED) is 0.308. The topological polar surface area (TPSA) is 89.4 Å². The second-order valence-electron chi connectivity index (χ2n) is 2.94. The maximum atomic E-state index is 10.6. The van der Waals surface area contributed by atoms with E-state index < -0.39 is 4.92 Å². The molecule has 1 rings (SSSR count). The number of nitro benzene ring substituents is 1. The molecular formula is C10H10N2O3. The molecule has 0 spiro atoms. The first-order valence-corrected chi connectivity index (χ1v) is 4.20. The fraction of sp³-hybridized carbons (Fsp3) is 0.200. The SMILES string of the molecule is Cc1cc([N+](=O)[O-])cc(C#CCO)c1N. The van der Waals surface area contributed by atoms with Gasteiger partial charge in [0.1, 0.15) is 6.61 Å². The summed E-state index contributed by atoms with van der Waals surface area (Å²) in [4.78, 5) is 10.1. The molecule has 15 heavy (non-hydrogen) atoms. The predicted molar refractivity (Wildman–Crippen MR) is 56.2 cm³/mol. The molecule has 1 aromatic carbocycles. The van der Waals surface area contributed by atoms with Gasteiger partial charge in [0, 0.05) is 12.1 Å². The number of hydrogen-bond donors (Lipinski definition) is 2. The first-order valence-electron chi connectivity index (χ1n) is 4.20. The van der Waals surface area contributed by atoms with E-state index in [1.807, 2.05) is 0 Å². The van der Waals surface area contributed by atoms with E-state index in [9.17, 15) is 10.1 Å². The smallest absolute Gasteiger partial charge is 0.271 e. The molecule has 0 atom stereocenters. The lowest BCUT2D eigenvalue weighted by atomic mass is 10.1. The summed E-state index contributed by atoms with van der Waals surface area (Å²) in [6.45, 7) is 1.37. The zero-order chi connectivity index (χ0) is 11.4. The minimum atomic E-state index is -0.503. The molecule has 0 unspecified atom stereocenters. The summed E-state index contributed by atoms with van der Waals surface area (Å²) < 4.78 is 0. The Bertz CT molecular complexity index is 458. The largest absolute Gasteiger partial charge is 0.397 e. The number of rotatable bonds is 1. The van der Waals surface area contributed by atoms with E-state index in [1.54, 1.807) is 6.92 Å². The highest BCUT2D eigenvalue weighted by atomic mass is 16.6. The van der Waals surface area contributed by atoms with Crippen LogP contribution in [0.15, 0.2) is 12.1 Å². The number of aliphatic hydroxyl groups is 1. The molecule has 0 heterocycles. The second kappa shape index (κ2) is 4.44. The van der Waals surface area contributed by atoms with Gasteiger partial charge in [0.25, 0.3) is 5.69 Å².